The zero-order valence-electron chi connectivity index (χ0n) is 5.37. The van der Waals surface area contributed by atoms with Crippen LogP contribution in [0.3, 0.4) is 0 Å². The van der Waals surface area contributed by atoms with Crippen LogP contribution in [-0.4, -0.2) is 4.98 Å². The Bertz CT molecular complexity index is 150. The van der Waals surface area contributed by atoms with Crippen LogP contribution in [0.25, 0.3) is 0 Å². The predicted molar refractivity (Wildman–Crippen MR) is 43.9 cm³/mol. The number of aromatic nitrogens is 1. The van der Waals surface area contributed by atoms with Crippen LogP contribution in [0.2, 0.25) is 0 Å². The topological polar surface area (TPSA) is 12.9 Å². The molecule has 0 aromatic carbocycles. The fraction of sp³-hybridized carbons (Fsp3) is 0.286. The summed E-state index contributed by atoms with van der Waals surface area (Å²) in [6.07, 6.45) is 2.85. The van der Waals surface area contributed by atoms with Gasteiger partial charge >= 0.3 is 0 Å². The molecule has 2 heteroatoms. The van der Waals surface area contributed by atoms with E-state index in [4.69, 9.17) is 0 Å². The molecular weight excluding hydrogens is 178 g/mol. The van der Waals surface area contributed by atoms with Crippen LogP contribution in [0, 0.1) is 0 Å². The monoisotopic (exact) mass is 187 g/mol. The molecule has 0 atom stereocenters. The maximum atomic E-state index is 4.10. The van der Waals surface area contributed by atoms with E-state index in [1.165, 1.54) is 0 Å². The highest BCUT2D eigenvalue weighted by atomic mass is 79.9. The second-order valence-corrected chi connectivity index (χ2v) is 1.67. The average molecular weight is 188 g/mol. The summed E-state index contributed by atoms with van der Waals surface area (Å²) in [5.74, 6) is 0. The minimum atomic E-state index is 0. The minimum Gasteiger partial charge on any atom is -0.261 e. The molecular formula is C7H10BrN. The van der Waals surface area contributed by atoms with Crippen molar-refractivity contribution in [3.8, 4) is 0 Å². The Labute approximate surface area is 65.9 Å². The Morgan fingerprint density at radius 1 is 1.44 bits per heavy atom. The Morgan fingerprint density at radius 2 is 2.22 bits per heavy atom. The molecule has 1 aromatic heterocycles. The SMILES string of the molecule is Br.CCc1ccccn1. The first kappa shape index (κ1) is 8.63. The number of nitrogens with zero attached hydrogens (tertiary/aromatic N) is 1. The number of hydrogen-bond donors (Lipinski definition) is 0. The maximum absolute atomic E-state index is 4.10. The van der Waals surface area contributed by atoms with E-state index in [1.54, 1.807) is 0 Å². The molecule has 0 saturated carbocycles. The Morgan fingerprint density at radius 3 is 2.56 bits per heavy atom. The van der Waals surface area contributed by atoms with E-state index >= 15 is 0 Å². The van der Waals surface area contributed by atoms with E-state index in [-0.39, 0.29) is 17.0 Å². The number of aryl methyl sites for hydroxylation is 1. The van der Waals surface area contributed by atoms with E-state index in [0.717, 1.165) is 12.1 Å². The molecule has 1 aromatic rings. The molecule has 0 radical (unpaired) electrons. The van der Waals surface area contributed by atoms with Gasteiger partial charge in [-0.3, -0.25) is 4.98 Å². The van der Waals surface area contributed by atoms with Gasteiger partial charge in [-0.15, -0.1) is 17.0 Å². The van der Waals surface area contributed by atoms with Gasteiger partial charge in [-0.1, -0.05) is 13.0 Å². The van der Waals surface area contributed by atoms with Gasteiger partial charge in [0.25, 0.3) is 0 Å². The van der Waals surface area contributed by atoms with E-state index in [0.29, 0.717) is 0 Å². The van der Waals surface area contributed by atoms with Crippen molar-refractivity contribution in [1.82, 2.24) is 4.98 Å². The third kappa shape index (κ3) is 2.61. The largest absolute Gasteiger partial charge is 0.261 e. The predicted octanol–water partition coefficient (Wildman–Crippen LogP) is 2.22. The first-order chi connectivity index (χ1) is 3.93. The second kappa shape index (κ2) is 4.50. The number of pyridine rings is 1. The van der Waals surface area contributed by atoms with E-state index in [1.807, 2.05) is 24.4 Å². The summed E-state index contributed by atoms with van der Waals surface area (Å²) in [6.45, 7) is 2.10. The van der Waals surface area contributed by atoms with E-state index < -0.39 is 0 Å². The van der Waals surface area contributed by atoms with Crippen molar-refractivity contribution in [1.29, 1.82) is 0 Å². The number of halogens is 1. The maximum Gasteiger partial charge on any atom is 0.0400 e. The normalized spacial score (nSPS) is 8.11. The molecule has 1 nitrogen and oxygen atoms in total. The molecule has 0 amide bonds. The molecule has 0 aliphatic carbocycles. The highest BCUT2D eigenvalue weighted by Gasteiger charge is 1.81. The third-order valence-corrected chi connectivity index (χ3v) is 1.09. The summed E-state index contributed by atoms with van der Waals surface area (Å²) < 4.78 is 0. The lowest BCUT2D eigenvalue weighted by Gasteiger charge is -1.88. The van der Waals surface area contributed by atoms with Crippen molar-refractivity contribution in [3.05, 3.63) is 30.1 Å². The first-order valence-corrected chi connectivity index (χ1v) is 2.83. The van der Waals surface area contributed by atoms with Crippen molar-refractivity contribution in [2.45, 2.75) is 13.3 Å². The van der Waals surface area contributed by atoms with Gasteiger partial charge < -0.3 is 0 Å². The van der Waals surface area contributed by atoms with E-state index in [9.17, 15) is 0 Å². The molecule has 0 saturated heterocycles. The molecule has 0 fully saturated rings. The van der Waals surface area contributed by atoms with Crippen LogP contribution in [-0.2, 0) is 6.42 Å². The molecule has 0 aliphatic heterocycles. The summed E-state index contributed by atoms with van der Waals surface area (Å²) in [5.41, 5.74) is 1.16. The lowest BCUT2D eigenvalue weighted by atomic mass is 10.3. The van der Waals surface area contributed by atoms with Crippen molar-refractivity contribution >= 4 is 17.0 Å². The van der Waals surface area contributed by atoms with Crippen molar-refractivity contribution in [2.75, 3.05) is 0 Å². The summed E-state index contributed by atoms with van der Waals surface area (Å²) in [7, 11) is 0. The summed E-state index contributed by atoms with van der Waals surface area (Å²) in [6, 6.07) is 5.96. The Balaban J connectivity index is 0.000000640. The van der Waals surface area contributed by atoms with Crippen LogP contribution in [0.5, 0.6) is 0 Å². The molecule has 0 bridgehead atoms. The summed E-state index contributed by atoms with van der Waals surface area (Å²) in [4.78, 5) is 4.10. The smallest absolute Gasteiger partial charge is 0.0400 e. The Hall–Kier alpha value is -0.370. The summed E-state index contributed by atoms with van der Waals surface area (Å²) in [5, 5.41) is 0. The first-order valence-electron chi connectivity index (χ1n) is 2.83. The van der Waals surface area contributed by atoms with Gasteiger partial charge in [0.1, 0.15) is 0 Å². The fourth-order valence-corrected chi connectivity index (χ4v) is 0.607. The van der Waals surface area contributed by atoms with Crippen LogP contribution in [0.4, 0.5) is 0 Å². The van der Waals surface area contributed by atoms with Gasteiger partial charge in [0, 0.05) is 11.9 Å². The van der Waals surface area contributed by atoms with E-state index in [2.05, 4.69) is 11.9 Å². The highest BCUT2D eigenvalue weighted by Crippen LogP contribution is 1.91. The molecule has 50 valence electrons. The average Bonchev–Trinajstić information content (AvgIpc) is 1.90. The highest BCUT2D eigenvalue weighted by molar-refractivity contribution is 8.93. The minimum absolute atomic E-state index is 0. The molecule has 1 heterocycles. The van der Waals surface area contributed by atoms with Gasteiger partial charge in [0.2, 0.25) is 0 Å². The standard InChI is InChI=1S/C7H9N.BrH/c1-2-7-5-3-4-6-8-7;/h3-6H,2H2,1H3;1H. The molecule has 0 unspecified atom stereocenters. The van der Waals surface area contributed by atoms with Crippen LogP contribution in [0.15, 0.2) is 24.4 Å². The van der Waals surface area contributed by atoms with Crippen LogP contribution < -0.4 is 0 Å². The van der Waals surface area contributed by atoms with Gasteiger partial charge in [0.05, 0.1) is 0 Å². The molecule has 9 heavy (non-hydrogen) atoms. The van der Waals surface area contributed by atoms with Gasteiger partial charge in [-0.2, -0.15) is 0 Å². The molecule has 0 N–H and O–H groups in total. The summed E-state index contributed by atoms with van der Waals surface area (Å²) >= 11 is 0. The van der Waals surface area contributed by atoms with Gasteiger partial charge in [-0.05, 0) is 18.6 Å². The van der Waals surface area contributed by atoms with Crippen LogP contribution in [0.1, 0.15) is 12.6 Å². The zero-order valence-corrected chi connectivity index (χ0v) is 7.09. The van der Waals surface area contributed by atoms with Crippen molar-refractivity contribution < 1.29 is 0 Å². The lowest BCUT2D eigenvalue weighted by Crippen LogP contribution is -1.81. The molecule has 0 spiro atoms. The van der Waals surface area contributed by atoms with Crippen molar-refractivity contribution in [3.63, 3.8) is 0 Å². The third-order valence-electron chi connectivity index (χ3n) is 1.09. The quantitative estimate of drug-likeness (QED) is 0.658. The molecule has 0 aliphatic rings. The number of hydrogen-bond acceptors (Lipinski definition) is 1. The Kier molecular flexibility index (Phi) is 4.32. The fourth-order valence-electron chi connectivity index (χ4n) is 0.607. The van der Waals surface area contributed by atoms with Gasteiger partial charge in [0.15, 0.2) is 0 Å². The second-order valence-electron chi connectivity index (χ2n) is 1.67. The van der Waals surface area contributed by atoms with Crippen LogP contribution >= 0.6 is 17.0 Å². The van der Waals surface area contributed by atoms with Gasteiger partial charge in [-0.25, -0.2) is 0 Å². The number of rotatable bonds is 1. The zero-order chi connectivity index (χ0) is 5.82. The lowest BCUT2D eigenvalue weighted by molar-refractivity contribution is 1.04. The van der Waals surface area contributed by atoms with Crippen molar-refractivity contribution in [2.24, 2.45) is 0 Å². The molecule has 1 rings (SSSR count).